The SMILES string of the molecule is CCCCCCC1CC(C(C)C)CCC1CNC(C)(C)C. The minimum atomic E-state index is 0.266. The number of rotatable bonds is 8. The molecule has 0 spiro atoms. The smallest absolute Gasteiger partial charge is 0.00966 e. The lowest BCUT2D eigenvalue weighted by Crippen LogP contribution is -2.42. The molecule has 0 saturated heterocycles. The number of hydrogen-bond donors (Lipinski definition) is 1. The highest BCUT2D eigenvalue weighted by Crippen LogP contribution is 2.40. The summed E-state index contributed by atoms with van der Waals surface area (Å²) in [4.78, 5) is 0. The molecule has 3 atom stereocenters. The average molecular weight is 296 g/mol. The summed E-state index contributed by atoms with van der Waals surface area (Å²) >= 11 is 0. The van der Waals surface area contributed by atoms with Crippen molar-refractivity contribution in [2.45, 2.75) is 98.4 Å². The van der Waals surface area contributed by atoms with E-state index in [2.05, 4.69) is 46.9 Å². The topological polar surface area (TPSA) is 12.0 Å². The van der Waals surface area contributed by atoms with Crippen LogP contribution in [0.4, 0.5) is 0 Å². The largest absolute Gasteiger partial charge is 0.312 e. The Labute approximate surface area is 134 Å². The Balaban J connectivity index is 2.49. The molecule has 1 heteroatoms. The lowest BCUT2D eigenvalue weighted by atomic mass is 9.69. The van der Waals surface area contributed by atoms with E-state index in [0.29, 0.717) is 0 Å². The van der Waals surface area contributed by atoms with Crippen molar-refractivity contribution >= 4 is 0 Å². The van der Waals surface area contributed by atoms with E-state index in [1.165, 1.54) is 57.9 Å². The maximum absolute atomic E-state index is 3.77. The molecule has 0 aliphatic heterocycles. The lowest BCUT2D eigenvalue weighted by molar-refractivity contribution is 0.129. The van der Waals surface area contributed by atoms with Crippen LogP contribution in [0.5, 0.6) is 0 Å². The average Bonchev–Trinajstić information content (AvgIpc) is 2.41. The van der Waals surface area contributed by atoms with Gasteiger partial charge in [0, 0.05) is 5.54 Å². The Morgan fingerprint density at radius 2 is 1.71 bits per heavy atom. The van der Waals surface area contributed by atoms with E-state index in [0.717, 1.165) is 23.7 Å². The Bertz CT molecular complexity index is 264. The molecule has 21 heavy (non-hydrogen) atoms. The quantitative estimate of drug-likeness (QED) is 0.539. The standard InChI is InChI=1S/C20H41N/c1-7-8-9-10-11-18-14-17(16(2)3)12-13-19(18)15-21-20(4,5)6/h16-19,21H,7-15H2,1-6H3. The molecule has 0 aromatic heterocycles. The molecule has 0 radical (unpaired) electrons. The van der Waals surface area contributed by atoms with Crippen LogP contribution < -0.4 is 5.32 Å². The summed E-state index contributed by atoms with van der Waals surface area (Å²) in [7, 11) is 0. The Morgan fingerprint density at radius 1 is 1.00 bits per heavy atom. The molecule has 1 aliphatic rings. The second kappa shape index (κ2) is 9.18. The van der Waals surface area contributed by atoms with Crippen molar-refractivity contribution in [3.63, 3.8) is 0 Å². The van der Waals surface area contributed by atoms with Crippen LogP contribution in [-0.4, -0.2) is 12.1 Å². The molecule has 1 rings (SSSR count). The molecule has 1 aliphatic carbocycles. The van der Waals surface area contributed by atoms with Crippen LogP contribution in [0.1, 0.15) is 92.9 Å². The maximum Gasteiger partial charge on any atom is 0.00966 e. The monoisotopic (exact) mass is 295 g/mol. The van der Waals surface area contributed by atoms with Crippen LogP contribution in [0.2, 0.25) is 0 Å². The second-order valence-corrected chi connectivity index (χ2v) is 8.82. The molecule has 1 fully saturated rings. The third-order valence-electron chi connectivity index (χ3n) is 5.45. The van der Waals surface area contributed by atoms with Crippen LogP contribution in [0, 0.1) is 23.7 Å². The van der Waals surface area contributed by atoms with Crippen molar-refractivity contribution in [2.24, 2.45) is 23.7 Å². The first-order valence-corrected chi connectivity index (χ1v) is 9.58. The van der Waals surface area contributed by atoms with Gasteiger partial charge in [-0.1, -0.05) is 52.9 Å². The highest BCUT2D eigenvalue weighted by atomic mass is 14.9. The second-order valence-electron chi connectivity index (χ2n) is 8.82. The van der Waals surface area contributed by atoms with Crippen LogP contribution in [-0.2, 0) is 0 Å². The molecule has 1 saturated carbocycles. The zero-order chi connectivity index (χ0) is 15.9. The number of unbranched alkanes of at least 4 members (excludes halogenated alkanes) is 3. The van der Waals surface area contributed by atoms with Crippen molar-refractivity contribution in [1.82, 2.24) is 5.32 Å². The highest BCUT2D eigenvalue weighted by Gasteiger charge is 2.31. The molecular formula is C20H41N. The van der Waals surface area contributed by atoms with Crippen LogP contribution in [0.3, 0.4) is 0 Å². The normalized spacial score (nSPS) is 27.3. The van der Waals surface area contributed by atoms with Gasteiger partial charge in [-0.2, -0.15) is 0 Å². The molecular weight excluding hydrogens is 254 g/mol. The van der Waals surface area contributed by atoms with Gasteiger partial charge in [0.05, 0.1) is 0 Å². The predicted molar refractivity (Wildman–Crippen MR) is 95.7 cm³/mol. The van der Waals surface area contributed by atoms with Gasteiger partial charge in [-0.15, -0.1) is 0 Å². The first-order chi connectivity index (χ1) is 9.83. The molecule has 0 aromatic rings. The van der Waals surface area contributed by atoms with Gasteiger partial charge in [0.2, 0.25) is 0 Å². The van der Waals surface area contributed by atoms with E-state index in [9.17, 15) is 0 Å². The maximum atomic E-state index is 3.77. The molecule has 0 aromatic carbocycles. The molecule has 0 amide bonds. The summed E-state index contributed by atoms with van der Waals surface area (Å²) in [5.41, 5.74) is 0.266. The van der Waals surface area contributed by atoms with Crippen molar-refractivity contribution in [2.75, 3.05) is 6.54 Å². The van der Waals surface area contributed by atoms with Gasteiger partial charge >= 0.3 is 0 Å². The predicted octanol–water partition coefficient (Wildman–Crippen LogP) is 6.03. The van der Waals surface area contributed by atoms with Crippen LogP contribution in [0.15, 0.2) is 0 Å². The molecule has 126 valence electrons. The van der Waals surface area contributed by atoms with Crippen molar-refractivity contribution in [3.05, 3.63) is 0 Å². The van der Waals surface area contributed by atoms with Crippen LogP contribution >= 0.6 is 0 Å². The van der Waals surface area contributed by atoms with Gasteiger partial charge < -0.3 is 5.32 Å². The van der Waals surface area contributed by atoms with Gasteiger partial charge in [-0.05, 0) is 70.3 Å². The summed E-state index contributed by atoms with van der Waals surface area (Å²) in [6, 6.07) is 0. The van der Waals surface area contributed by atoms with Gasteiger partial charge in [-0.3, -0.25) is 0 Å². The summed E-state index contributed by atoms with van der Waals surface area (Å²) in [5, 5.41) is 3.77. The van der Waals surface area contributed by atoms with Gasteiger partial charge in [0.25, 0.3) is 0 Å². The van der Waals surface area contributed by atoms with E-state index >= 15 is 0 Å². The fourth-order valence-electron chi connectivity index (χ4n) is 3.86. The fourth-order valence-corrected chi connectivity index (χ4v) is 3.86. The molecule has 1 nitrogen and oxygen atoms in total. The Morgan fingerprint density at radius 3 is 2.29 bits per heavy atom. The van der Waals surface area contributed by atoms with Crippen molar-refractivity contribution in [3.8, 4) is 0 Å². The molecule has 0 bridgehead atoms. The Hall–Kier alpha value is -0.0400. The molecule has 0 heterocycles. The van der Waals surface area contributed by atoms with E-state index < -0.39 is 0 Å². The number of hydrogen-bond acceptors (Lipinski definition) is 1. The van der Waals surface area contributed by atoms with E-state index in [4.69, 9.17) is 0 Å². The molecule has 1 N–H and O–H groups in total. The van der Waals surface area contributed by atoms with E-state index in [1.807, 2.05) is 0 Å². The third-order valence-corrected chi connectivity index (χ3v) is 5.45. The first-order valence-electron chi connectivity index (χ1n) is 9.58. The van der Waals surface area contributed by atoms with Gasteiger partial charge in [0.1, 0.15) is 0 Å². The van der Waals surface area contributed by atoms with Crippen molar-refractivity contribution < 1.29 is 0 Å². The van der Waals surface area contributed by atoms with E-state index in [1.54, 1.807) is 0 Å². The summed E-state index contributed by atoms with van der Waals surface area (Å²) < 4.78 is 0. The van der Waals surface area contributed by atoms with Crippen LogP contribution in [0.25, 0.3) is 0 Å². The molecule has 3 unspecified atom stereocenters. The van der Waals surface area contributed by atoms with Gasteiger partial charge in [-0.25, -0.2) is 0 Å². The minimum absolute atomic E-state index is 0.266. The number of nitrogens with one attached hydrogen (secondary N) is 1. The highest BCUT2D eigenvalue weighted by molar-refractivity contribution is 4.84. The fraction of sp³-hybridized carbons (Fsp3) is 1.00. The first kappa shape index (κ1) is 19.0. The Kier molecular flexibility index (Phi) is 8.31. The van der Waals surface area contributed by atoms with Gasteiger partial charge in [0.15, 0.2) is 0 Å². The van der Waals surface area contributed by atoms with Crippen molar-refractivity contribution in [1.29, 1.82) is 0 Å². The summed E-state index contributed by atoms with van der Waals surface area (Å²) in [6.07, 6.45) is 11.5. The summed E-state index contributed by atoms with van der Waals surface area (Å²) in [6.45, 7) is 15.3. The zero-order valence-electron chi connectivity index (χ0n) is 15.7. The minimum Gasteiger partial charge on any atom is -0.312 e. The third kappa shape index (κ3) is 7.68. The summed E-state index contributed by atoms with van der Waals surface area (Å²) in [5.74, 6) is 3.74. The zero-order valence-corrected chi connectivity index (χ0v) is 15.7. The lowest BCUT2D eigenvalue weighted by Gasteiger charge is -2.39. The van der Waals surface area contributed by atoms with E-state index in [-0.39, 0.29) is 5.54 Å².